The van der Waals surface area contributed by atoms with E-state index in [1.54, 1.807) is 19.1 Å². The van der Waals surface area contributed by atoms with Gasteiger partial charge in [0.05, 0.1) is 0 Å². The minimum absolute atomic E-state index is 0.0733. The first-order chi connectivity index (χ1) is 8.53. The van der Waals surface area contributed by atoms with Gasteiger partial charge in [-0.05, 0) is 43.5 Å². The van der Waals surface area contributed by atoms with Gasteiger partial charge in [-0.3, -0.25) is 0 Å². The Morgan fingerprint density at radius 3 is 2.56 bits per heavy atom. The van der Waals surface area contributed by atoms with Gasteiger partial charge in [-0.15, -0.1) is 11.6 Å². The van der Waals surface area contributed by atoms with Crippen LogP contribution in [0.1, 0.15) is 38.7 Å². The highest BCUT2D eigenvalue weighted by atomic mass is 35.5. The van der Waals surface area contributed by atoms with Gasteiger partial charge in [-0.2, -0.15) is 0 Å². The summed E-state index contributed by atoms with van der Waals surface area (Å²) in [4.78, 5) is 0. The summed E-state index contributed by atoms with van der Waals surface area (Å²) in [5.41, 5.74) is 0.692. The Labute approximate surface area is 113 Å². The zero-order chi connectivity index (χ0) is 13.3. The molecule has 0 saturated heterocycles. The molecule has 1 saturated carbocycles. The van der Waals surface area contributed by atoms with E-state index in [1.807, 2.05) is 0 Å². The van der Waals surface area contributed by atoms with Gasteiger partial charge in [-0.25, -0.2) is 4.39 Å². The van der Waals surface area contributed by atoms with Gasteiger partial charge in [0.15, 0.2) is 0 Å². The predicted molar refractivity (Wildman–Crippen MR) is 72.8 cm³/mol. The Morgan fingerprint density at radius 2 is 2.06 bits per heavy atom. The standard InChI is InChI=1S/C15H20ClFO/c1-4-15(5-2)13(16)9-14(15)18-11-6-7-12(17)10(3)8-11/h6-8,13-14H,4-5,9H2,1-3H3. The predicted octanol–water partition coefficient (Wildman–Crippen LogP) is 4.70. The minimum Gasteiger partial charge on any atom is -0.490 e. The average molecular weight is 271 g/mol. The number of hydrogen-bond acceptors (Lipinski definition) is 1. The quantitative estimate of drug-likeness (QED) is 0.721. The second-order valence-corrected chi connectivity index (χ2v) is 5.69. The summed E-state index contributed by atoms with van der Waals surface area (Å²) in [6, 6.07) is 4.91. The lowest BCUT2D eigenvalue weighted by Gasteiger charge is -2.52. The second-order valence-electron chi connectivity index (χ2n) is 5.16. The summed E-state index contributed by atoms with van der Waals surface area (Å²) in [6.45, 7) is 6.06. The summed E-state index contributed by atoms with van der Waals surface area (Å²) in [5.74, 6) is 0.553. The van der Waals surface area contributed by atoms with Crippen LogP contribution in [0.4, 0.5) is 4.39 Å². The smallest absolute Gasteiger partial charge is 0.126 e. The zero-order valence-electron chi connectivity index (χ0n) is 11.2. The third-order valence-electron chi connectivity index (χ3n) is 4.41. The van der Waals surface area contributed by atoms with Crippen molar-refractivity contribution in [3.63, 3.8) is 0 Å². The maximum atomic E-state index is 13.2. The van der Waals surface area contributed by atoms with Crippen molar-refractivity contribution in [2.24, 2.45) is 5.41 Å². The molecular weight excluding hydrogens is 251 g/mol. The molecule has 1 aliphatic rings. The van der Waals surface area contributed by atoms with E-state index in [0.29, 0.717) is 5.56 Å². The van der Waals surface area contributed by atoms with Crippen molar-refractivity contribution in [3.8, 4) is 5.75 Å². The van der Waals surface area contributed by atoms with E-state index in [0.717, 1.165) is 25.0 Å². The molecule has 1 fully saturated rings. The molecule has 2 atom stereocenters. The number of alkyl halides is 1. The SMILES string of the molecule is CCC1(CC)C(Cl)CC1Oc1ccc(F)c(C)c1. The summed E-state index contributed by atoms with van der Waals surface area (Å²) < 4.78 is 19.2. The molecule has 0 N–H and O–H groups in total. The molecule has 2 rings (SSSR count). The normalized spacial score (nSPS) is 25.6. The third kappa shape index (κ3) is 2.11. The number of benzene rings is 1. The first-order valence-corrected chi connectivity index (χ1v) is 7.04. The van der Waals surface area contributed by atoms with Crippen molar-refractivity contribution in [2.75, 3.05) is 0 Å². The van der Waals surface area contributed by atoms with Crippen molar-refractivity contribution in [1.82, 2.24) is 0 Å². The molecule has 0 amide bonds. The van der Waals surface area contributed by atoms with Crippen molar-refractivity contribution in [3.05, 3.63) is 29.6 Å². The molecule has 100 valence electrons. The van der Waals surface area contributed by atoms with E-state index in [-0.39, 0.29) is 22.7 Å². The van der Waals surface area contributed by atoms with Crippen molar-refractivity contribution >= 4 is 11.6 Å². The van der Waals surface area contributed by atoms with Crippen LogP contribution in [0.5, 0.6) is 5.75 Å². The van der Waals surface area contributed by atoms with Gasteiger partial charge in [0.2, 0.25) is 0 Å². The maximum Gasteiger partial charge on any atom is 0.126 e. The Kier molecular flexibility index (Phi) is 3.86. The topological polar surface area (TPSA) is 9.23 Å². The van der Waals surface area contributed by atoms with Gasteiger partial charge in [0.1, 0.15) is 17.7 Å². The van der Waals surface area contributed by atoms with Crippen LogP contribution in [-0.4, -0.2) is 11.5 Å². The zero-order valence-corrected chi connectivity index (χ0v) is 11.9. The Bertz CT molecular complexity index is 429. The van der Waals surface area contributed by atoms with Crippen LogP contribution in [0.2, 0.25) is 0 Å². The van der Waals surface area contributed by atoms with E-state index in [2.05, 4.69) is 13.8 Å². The van der Waals surface area contributed by atoms with Crippen LogP contribution in [-0.2, 0) is 0 Å². The molecule has 1 aromatic carbocycles. The molecule has 0 radical (unpaired) electrons. The summed E-state index contributed by atoms with van der Waals surface area (Å²) in [5, 5.41) is 0.194. The summed E-state index contributed by atoms with van der Waals surface area (Å²) in [6.07, 6.45) is 3.06. The highest BCUT2D eigenvalue weighted by Crippen LogP contribution is 2.51. The van der Waals surface area contributed by atoms with Gasteiger partial charge >= 0.3 is 0 Å². The van der Waals surface area contributed by atoms with E-state index < -0.39 is 0 Å². The highest BCUT2D eigenvalue weighted by molar-refractivity contribution is 6.21. The molecular formula is C15H20ClFO. The molecule has 1 nitrogen and oxygen atoms in total. The largest absolute Gasteiger partial charge is 0.490 e. The van der Waals surface area contributed by atoms with Crippen LogP contribution in [0, 0.1) is 18.2 Å². The van der Waals surface area contributed by atoms with Gasteiger partial charge in [-0.1, -0.05) is 13.8 Å². The Hall–Kier alpha value is -0.760. The van der Waals surface area contributed by atoms with Crippen LogP contribution in [0.25, 0.3) is 0 Å². The van der Waals surface area contributed by atoms with Gasteiger partial charge in [0, 0.05) is 17.2 Å². The van der Waals surface area contributed by atoms with Crippen molar-refractivity contribution in [2.45, 2.75) is 51.5 Å². The molecule has 1 aliphatic carbocycles. The van der Waals surface area contributed by atoms with Crippen LogP contribution >= 0.6 is 11.6 Å². The fraction of sp³-hybridized carbons (Fsp3) is 0.600. The number of rotatable bonds is 4. The molecule has 18 heavy (non-hydrogen) atoms. The number of aryl methyl sites for hydroxylation is 1. The van der Waals surface area contributed by atoms with Crippen LogP contribution in [0.3, 0.4) is 0 Å². The molecule has 3 heteroatoms. The fourth-order valence-corrected chi connectivity index (χ4v) is 3.48. The van der Waals surface area contributed by atoms with E-state index in [4.69, 9.17) is 16.3 Å². The van der Waals surface area contributed by atoms with Gasteiger partial charge < -0.3 is 4.74 Å². The molecule has 1 aromatic rings. The third-order valence-corrected chi connectivity index (χ3v) is 5.02. The summed E-state index contributed by atoms with van der Waals surface area (Å²) in [7, 11) is 0. The molecule has 0 bridgehead atoms. The number of ether oxygens (including phenoxy) is 1. The Balaban J connectivity index is 2.12. The molecule has 0 aliphatic heterocycles. The van der Waals surface area contributed by atoms with Crippen LogP contribution < -0.4 is 4.74 Å². The van der Waals surface area contributed by atoms with Gasteiger partial charge in [0.25, 0.3) is 0 Å². The minimum atomic E-state index is -0.191. The highest BCUT2D eigenvalue weighted by Gasteiger charge is 2.53. The van der Waals surface area contributed by atoms with Crippen molar-refractivity contribution < 1.29 is 9.13 Å². The average Bonchev–Trinajstić information content (AvgIpc) is 2.35. The van der Waals surface area contributed by atoms with Crippen LogP contribution in [0.15, 0.2) is 18.2 Å². The van der Waals surface area contributed by atoms with Crippen molar-refractivity contribution in [1.29, 1.82) is 0 Å². The Morgan fingerprint density at radius 1 is 1.39 bits per heavy atom. The van der Waals surface area contributed by atoms with E-state index in [1.165, 1.54) is 6.07 Å². The molecule has 0 spiro atoms. The van der Waals surface area contributed by atoms with E-state index >= 15 is 0 Å². The van der Waals surface area contributed by atoms with E-state index in [9.17, 15) is 4.39 Å². The lowest BCUT2D eigenvalue weighted by Crippen LogP contribution is -2.56. The lowest BCUT2D eigenvalue weighted by molar-refractivity contribution is -0.0462. The first-order valence-electron chi connectivity index (χ1n) is 6.60. The summed E-state index contributed by atoms with van der Waals surface area (Å²) >= 11 is 6.35. The molecule has 0 heterocycles. The monoisotopic (exact) mass is 270 g/mol. The fourth-order valence-electron chi connectivity index (χ4n) is 2.87. The lowest BCUT2D eigenvalue weighted by atomic mass is 9.62. The second kappa shape index (κ2) is 5.08. The molecule has 0 aromatic heterocycles. The number of hydrogen-bond donors (Lipinski definition) is 0. The molecule has 2 unspecified atom stereocenters. The number of halogens is 2. The maximum absolute atomic E-state index is 13.2. The first kappa shape index (κ1) is 13.7.